The van der Waals surface area contributed by atoms with E-state index < -0.39 is 12.0 Å². The van der Waals surface area contributed by atoms with Crippen molar-refractivity contribution < 1.29 is 14.7 Å². The van der Waals surface area contributed by atoms with Crippen LogP contribution in [0.4, 0.5) is 0 Å². The Morgan fingerprint density at radius 3 is 1.46 bits per heavy atom. The molecule has 0 fully saturated rings. The highest BCUT2D eigenvalue weighted by Gasteiger charge is 2.17. The van der Waals surface area contributed by atoms with Gasteiger partial charge in [0, 0.05) is 6.92 Å². The summed E-state index contributed by atoms with van der Waals surface area (Å²) in [4.78, 5) is 21.9. The average molecular weight is 342 g/mol. The van der Waals surface area contributed by atoms with E-state index in [4.69, 9.17) is 5.11 Å². The van der Waals surface area contributed by atoms with Crippen LogP contribution in [0.1, 0.15) is 110 Å². The molecule has 0 aromatic carbocycles. The highest BCUT2D eigenvalue weighted by atomic mass is 16.4. The minimum Gasteiger partial charge on any atom is -0.480 e. The van der Waals surface area contributed by atoms with Crippen molar-refractivity contribution in [2.75, 3.05) is 0 Å². The van der Waals surface area contributed by atoms with Gasteiger partial charge in [0.25, 0.3) is 0 Å². The molecule has 4 nitrogen and oxygen atoms in total. The first-order valence-corrected chi connectivity index (χ1v) is 10.1. The first-order chi connectivity index (χ1) is 11.6. The van der Waals surface area contributed by atoms with Crippen molar-refractivity contribution in [2.45, 2.75) is 116 Å². The van der Waals surface area contributed by atoms with Crippen LogP contribution in [0.5, 0.6) is 0 Å². The van der Waals surface area contributed by atoms with Crippen LogP contribution >= 0.6 is 0 Å². The van der Waals surface area contributed by atoms with Crippen molar-refractivity contribution in [3.05, 3.63) is 0 Å². The summed E-state index contributed by atoms with van der Waals surface area (Å²) in [5.74, 6) is -1.20. The van der Waals surface area contributed by atoms with Crippen LogP contribution in [0.3, 0.4) is 0 Å². The number of hydrogen-bond acceptors (Lipinski definition) is 2. The van der Waals surface area contributed by atoms with Gasteiger partial charge in [-0.1, -0.05) is 96.8 Å². The predicted molar refractivity (Wildman–Crippen MR) is 100 cm³/mol. The average Bonchev–Trinajstić information content (AvgIpc) is 2.53. The first kappa shape index (κ1) is 22.9. The van der Waals surface area contributed by atoms with E-state index in [9.17, 15) is 9.59 Å². The molecule has 0 aromatic rings. The number of hydrogen-bond donors (Lipinski definition) is 2. The Bertz CT molecular complexity index is 318. The molecule has 1 atom stereocenters. The summed E-state index contributed by atoms with van der Waals surface area (Å²) in [7, 11) is 0. The van der Waals surface area contributed by atoms with Crippen molar-refractivity contribution in [2.24, 2.45) is 0 Å². The van der Waals surface area contributed by atoms with Crippen molar-refractivity contribution in [1.29, 1.82) is 0 Å². The van der Waals surface area contributed by atoms with E-state index in [0.29, 0.717) is 6.42 Å². The molecule has 142 valence electrons. The Kier molecular flexibility index (Phi) is 16.0. The van der Waals surface area contributed by atoms with E-state index in [1.807, 2.05) is 0 Å². The van der Waals surface area contributed by atoms with Crippen molar-refractivity contribution in [1.82, 2.24) is 5.32 Å². The summed E-state index contributed by atoms with van der Waals surface area (Å²) in [5, 5.41) is 11.5. The summed E-state index contributed by atoms with van der Waals surface area (Å²) in [6.07, 6.45) is 18.6. The highest BCUT2D eigenvalue weighted by molar-refractivity contribution is 5.81. The zero-order valence-electron chi connectivity index (χ0n) is 15.9. The molecule has 1 amide bonds. The van der Waals surface area contributed by atoms with E-state index in [1.165, 1.54) is 84.0 Å². The molecule has 0 aliphatic carbocycles. The van der Waals surface area contributed by atoms with E-state index >= 15 is 0 Å². The number of carbonyl (C=O) groups is 2. The van der Waals surface area contributed by atoms with Crippen molar-refractivity contribution in [3.63, 3.8) is 0 Å². The molecule has 0 saturated heterocycles. The Morgan fingerprint density at radius 2 is 1.12 bits per heavy atom. The maximum Gasteiger partial charge on any atom is 0.326 e. The monoisotopic (exact) mass is 341 g/mol. The van der Waals surface area contributed by atoms with Crippen molar-refractivity contribution >= 4 is 11.9 Å². The number of rotatable bonds is 17. The molecule has 0 rings (SSSR count). The number of unbranched alkanes of at least 4 members (excludes halogenated alkanes) is 13. The van der Waals surface area contributed by atoms with Gasteiger partial charge >= 0.3 is 5.97 Å². The molecule has 0 unspecified atom stereocenters. The molecule has 0 heterocycles. The fourth-order valence-electron chi connectivity index (χ4n) is 3.05. The van der Waals surface area contributed by atoms with E-state index in [2.05, 4.69) is 12.2 Å². The number of carboxylic acid groups (broad SMARTS) is 1. The topological polar surface area (TPSA) is 66.4 Å². The molecular formula is C20H39NO3. The van der Waals surface area contributed by atoms with Crippen LogP contribution in [-0.2, 0) is 9.59 Å². The SMILES string of the molecule is CCCCCCCCCCCCCCCC[C@@H](NC(C)=O)C(=O)O. The zero-order chi connectivity index (χ0) is 18.0. The number of carboxylic acids is 1. The lowest BCUT2D eigenvalue weighted by Crippen LogP contribution is -2.39. The van der Waals surface area contributed by atoms with Crippen molar-refractivity contribution in [3.8, 4) is 0 Å². The Hall–Kier alpha value is -1.06. The Morgan fingerprint density at radius 1 is 0.750 bits per heavy atom. The van der Waals surface area contributed by atoms with Crippen LogP contribution in [0, 0.1) is 0 Å². The molecule has 0 bridgehead atoms. The fourth-order valence-corrected chi connectivity index (χ4v) is 3.05. The van der Waals surface area contributed by atoms with Gasteiger partial charge in [0.05, 0.1) is 0 Å². The molecule has 2 N–H and O–H groups in total. The highest BCUT2D eigenvalue weighted by Crippen LogP contribution is 2.13. The molecule has 0 aliphatic rings. The van der Waals surface area contributed by atoms with Gasteiger partial charge in [0.1, 0.15) is 6.04 Å². The minimum atomic E-state index is -0.931. The van der Waals surface area contributed by atoms with Gasteiger partial charge in [-0.15, -0.1) is 0 Å². The van der Waals surface area contributed by atoms with E-state index in [-0.39, 0.29) is 5.91 Å². The van der Waals surface area contributed by atoms with E-state index in [0.717, 1.165) is 12.8 Å². The largest absolute Gasteiger partial charge is 0.480 e. The number of carbonyl (C=O) groups excluding carboxylic acids is 1. The second-order valence-electron chi connectivity index (χ2n) is 6.98. The third-order valence-corrected chi connectivity index (χ3v) is 4.52. The molecule has 0 aromatic heterocycles. The number of amides is 1. The summed E-state index contributed by atoms with van der Waals surface area (Å²) >= 11 is 0. The predicted octanol–water partition coefficient (Wildman–Crippen LogP) is 5.45. The second-order valence-corrected chi connectivity index (χ2v) is 6.98. The van der Waals surface area contributed by atoms with Crippen LogP contribution in [0.15, 0.2) is 0 Å². The van der Waals surface area contributed by atoms with Gasteiger partial charge < -0.3 is 10.4 Å². The van der Waals surface area contributed by atoms with Crippen LogP contribution in [0.2, 0.25) is 0 Å². The summed E-state index contributed by atoms with van der Waals surface area (Å²) in [5.41, 5.74) is 0. The van der Waals surface area contributed by atoms with Gasteiger partial charge in [-0.3, -0.25) is 4.79 Å². The summed E-state index contributed by atoms with van der Waals surface area (Å²) in [6, 6.07) is -0.722. The molecular weight excluding hydrogens is 302 g/mol. The van der Waals surface area contributed by atoms with Gasteiger partial charge in [-0.05, 0) is 6.42 Å². The quantitative estimate of drug-likeness (QED) is 0.346. The Balaban J connectivity index is 3.30. The molecule has 0 spiro atoms. The minimum absolute atomic E-state index is 0.271. The lowest BCUT2D eigenvalue weighted by Gasteiger charge is -2.12. The van der Waals surface area contributed by atoms with Crippen LogP contribution < -0.4 is 5.32 Å². The summed E-state index contributed by atoms with van der Waals surface area (Å²) in [6.45, 7) is 3.62. The lowest BCUT2D eigenvalue weighted by molar-refractivity contribution is -0.141. The summed E-state index contributed by atoms with van der Waals surface area (Å²) < 4.78 is 0. The normalized spacial score (nSPS) is 12.1. The third kappa shape index (κ3) is 15.8. The smallest absolute Gasteiger partial charge is 0.326 e. The van der Waals surface area contributed by atoms with Crippen LogP contribution in [-0.4, -0.2) is 23.0 Å². The Labute approximate surface area is 148 Å². The maximum atomic E-state index is 11.0. The maximum absolute atomic E-state index is 11.0. The molecule has 4 heteroatoms. The second kappa shape index (κ2) is 16.8. The van der Waals surface area contributed by atoms with Gasteiger partial charge in [-0.25, -0.2) is 4.79 Å². The van der Waals surface area contributed by atoms with Gasteiger partial charge in [-0.2, -0.15) is 0 Å². The third-order valence-electron chi connectivity index (χ3n) is 4.52. The molecule has 24 heavy (non-hydrogen) atoms. The van der Waals surface area contributed by atoms with E-state index in [1.54, 1.807) is 0 Å². The van der Waals surface area contributed by atoms with Gasteiger partial charge in [0.15, 0.2) is 0 Å². The molecule has 0 saturated carbocycles. The lowest BCUT2D eigenvalue weighted by atomic mass is 10.0. The fraction of sp³-hybridized carbons (Fsp3) is 0.900. The number of nitrogens with one attached hydrogen (secondary N) is 1. The number of aliphatic carboxylic acids is 1. The van der Waals surface area contributed by atoms with Crippen LogP contribution in [0.25, 0.3) is 0 Å². The molecule has 0 radical (unpaired) electrons. The molecule has 0 aliphatic heterocycles. The zero-order valence-corrected chi connectivity index (χ0v) is 15.9. The van der Waals surface area contributed by atoms with Gasteiger partial charge in [0.2, 0.25) is 5.91 Å². The standard InChI is InChI=1S/C20H39NO3/c1-3-4-5-6-7-8-9-10-11-12-13-14-15-16-17-19(20(23)24)21-18(2)22/h19H,3-17H2,1-2H3,(H,21,22)(H,23,24)/t19-/m1/s1. The first-order valence-electron chi connectivity index (χ1n) is 10.1.